The maximum Gasteiger partial charge on any atom is 0.335 e. The lowest BCUT2D eigenvalue weighted by Gasteiger charge is -2.31. The summed E-state index contributed by atoms with van der Waals surface area (Å²) >= 11 is 0. The van der Waals surface area contributed by atoms with Gasteiger partial charge < -0.3 is 5.11 Å². The van der Waals surface area contributed by atoms with Crippen molar-refractivity contribution in [2.75, 3.05) is 0 Å². The van der Waals surface area contributed by atoms with Gasteiger partial charge in [0.1, 0.15) is 0 Å². The van der Waals surface area contributed by atoms with E-state index in [2.05, 4.69) is 30.3 Å². The first-order valence-corrected chi connectivity index (χ1v) is 9.34. The number of carboxylic acids is 1. The standard InChI is InChI=1S/C19H21O2P/c20-19(21)15-11-13-18(14-12-15)22(16-7-3-1-4-8-16)17-9-5-2-6-10-17/h1,3-4,7-8,11-14,17H,2,5-6,9-10H2,(H,20,21). The number of hydrogen-bond acceptors (Lipinski definition) is 1. The van der Waals surface area contributed by atoms with Crippen molar-refractivity contribution in [1.82, 2.24) is 0 Å². The van der Waals surface area contributed by atoms with Crippen LogP contribution in [0.5, 0.6) is 0 Å². The van der Waals surface area contributed by atoms with Crippen molar-refractivity contribution in [3.63, 3.8) is 0 Å². The second-order valence-corrected chi connectivity index (χ2v) is 8.35. The van der Waals surface area contributed by atoms with Crippen molar-refractivity contribution < 1.29 is 9.90 Å². The summed E-state index contributed by atoms with van der Waals surface area (Å²) in [5, 5.41) is 11.8. The molecule has 1 fully saturated rings. The average molecular weight is 312 g/mol. The predicted octanol–water partition coefficient (Wildman–Crippen LogP) is 4.15. The van der Waals surface area contributed by atoms with Gasteiger partial charge in [-0.05, 0) is 49.2 Å². The first-order valence-electron chi connectivity index (χ1n) is 7.93. The van der Waals surface area contributed by atoms with Crippen LogP contribution in [0.1, 0.15) is 42.5 Å². The number of aromatic carboxylic acids is 1. The zero-order valence-corrected chi connectivity index (χ0v) is 13.5. The third-order valence-corrected chi connectivity index (χ3v) is 7.32. The lowest BCUT2D eigenvalue weighted by Crippen LogP contribution is -2.23. The number of carboxylic acid groups (broad SMARTS) is 1. The van der Waals surface area contributed by atoms with Crippen LogP contribution in [0.2, 0.25) is 0 Å². The van der Waals surface area contributed by atoms with Gasteiger partial charge in [-0.3, -0.25) is 0 Å². The summed E-state index contributed by atoms with van der Waals surface area (Å²) in [6, 6.07) is 18.3. The van der Waals surface area contributed by atoms with Gasteiger partial charge in [0.2, 0.25) is 0 Å². The molecular formula is C19H21O2P. The Bertz CT molecular complexity index is 616. The molecule has 0 heterocycles. The summed E-state index contributed by atoms with van der Waals surface area (Å²) in [4.78, 5) is 11.1. The molecule has 1 aliphatic rings. The molecule has 3 rings (SSSR count). The molecule has 114 valence electrons. The molecule has 0 saturated heterocycles. The highest BCUT2D eigenvalue weighted by Crippen LogP contribution is 2.46. The molecule has 22 heavy (non-hydrogen) atoms. The quantitative estimate of drug-likeness (QED) is 0.861. The molecule has 0 amide bonds. The molecule has 2 aromatic rings. The smallest absolute Gasteiger partial charge is 0.335 e. The van der Waals surface area contributed by atoms with Gasteiger partial charge in [0.15, 0.2) is 0 Å². The van der Waals surface area contributed by atoms with Crippen LogP contribution in [-0.4, -0.2) is 16.7 Å². The van der Waals surface area contributed by atoms with Gasteiger partial charge in [0.05, 0.1) is 5.56 Å². The van der Waals surface area contributed by atoms with Crippen molar-refractivity contribution in [3.05, 3.63) is 60.2 Å². The first-order chi connectivity index (χ1) is 10.8. The van der Waals surface area contributed by atoms with Gasteiger partial charge in [0, 0.05) is 0 Å². The predicted molar refractivity (Wildman–Crippen MR) is 92.9 cm³/mol. The maximum absolute atomic E-state index is 11.1. The topological polar surface area (TPSA) is 37.3 Å². The first kappa shape index (κ1) is 15.2. The molecule has 1 unspecified atom stereocenters. The fraction of sp³-hybridized carbons (Fsp3) is 0.316. The van der Waals surface area contributed by atoms with E-state index in [0.717, 1.165) is 5.66 Å². The van der Waals surface area contributed by atoms with Crippen LogP contribution < -0.4 is 10.6 Å². The minimum atomic E-state index is -0.853. The molecule has 0 aromatic heterocycles. The molecule has 3 heteroatoms. The van der Waals surface area contributed by atoms with E-state index in [4.69, 9.17) is 5.11 Å². The fourth-order valence-corrected chi connectivity index (χ4v) is 6.25. The van der Waals surface area contributed by atoms with Crippen LogP contribution >= 0.6 is 7.92 Å². The summed E-state index contributed by atoms with van der Waals surface area (Å²) in [6.07, 6.45) is 6.59. The molecule has 1 atom stereocenters. The van der Waals surface area contributed by atoms with Gasteiger partial charge in [-0.1, -0.05) is 61.7 Å². The Morgan fingerprint density at radius 2 is 1.45 bits per heavy atom. The van der Waals surface area contributed by atoms with E-state index in [9.17, 15) is 4.79 Å². The molecule has 1 saturated carbocycles. The summed E-state index contributed by atoms with van der Waals surface area (Å²) in [7, 11) is -0.394. The molecule has 1 aliphatic carbocycles. The van der Waals surface area contributed by atoms with E-state index in [1.165, 1.54) is 42.7 Å². The highest BCUT2D eigenvalue weighted by Gasteiger charge is 2.26. The largest absolute Gasteiger partial charge is 0.478 e. The molecule has 0 bridgehead atoms. The SMILES string of the molecule is O=C(O)c1ccc(P(c2ccccc2)C2CCCCC2)cc1. The number of rotatable bonds is 4. The number of hydrogen-bond donors (Lipinski definition) is 1. The van der Waals surface area contributed by atoms with Gasteiger partial charge in [-0.25, -0.2) is 4.79 Å². The van der Waals surface area contributed by atoms with Crippen LogP contribution in [0.25, 0.3) is 0 Å². The minimum absolute atomic E-state index is 0.371. The second-order valence-electron chi connectivity index (χ2n) is 5.85. The minimum Gasteiger partial charge on any atom is -0.478 e. The van der Waals surface area contributed by atoms with Crippen molar-refractivity contribution in [2.45, 2.75) is 37.8 Å². The molecule has 2 nitrogen and oxygen atoms in total. The Labute approximate surface area is 132 Å². The molecule has 2 aromatic carbocycles. The Kier molecular flexibility index (Phi) is 4.90. The van der Waals surface area contributed by atoms with E-state index < -0.39 is 13.9 Å². The lowest BCUT2D eigenvalue weighted by molar-refractivity contribution is 0.0697. The van der Waals surface area contributed by atoms with Crippen LogP contribution in [0.4, 0.5) is 0 Å². The molecule has 0 radical (unpaired) electrons. The third-order valence-electron chi connectivity index (χ3n) is 4.37. The van der Waals surface area contributed by atoms with Crippen LogP contribution in [0, 0.1) is 0 Å². The highest BCUT2D eigenvalue weighted by atomic mass is 31.1. The normalized spacial score (nSPS) is 17.1. The van der Waals surface area contributed by atoms with Crippen LogP contribution in [0.3, 0.4) is 0 Å². The molecular weight excluding hydrogens is 291 g/mol. The van der Waals surface area contributed by atoms with Crippen molar-refractivity contribution >= 4 is 24.5 Å². The maximum atomic E-state index is 11.1. The molecule has 0 spiro atoms. The Hall–Kier alpha value is -1.66. The van der Waals surface area contributed by atoms with E-state index in [1.54, 1.807) is 12.1 Å². The van der Waals surface area contributed by atoms with Crippen LogP contribution in [0.15, 0.2) is 54.6 Å². The Morgan fingerprint density at radius 1 is 0.864 bits per heavy atom. The van der Waals surface area contributed by atoms with Crippen molar-refractivity contribution in [1.29, 1.82) is 0 Å². The van der Waals surface area contributed by atoms with Gasteiger partial charge in [-0.2, -0.15) is 0 Å². The lowest BCUT2D eigenvalue weighted by atomic mass is 10.0. The average Bonchev–Trinajstić information content (AvgIpc) is 2.57. The second kappa shape index (κ2) is 7.07. The zero-order valence-electron chi connectivity index (χ0n) is 12.6. The summed E-state index contributed by atoms with van der Waals surface area (Å²) in [6.45, 7) is 0. The zero-order chi connectivity index (χ0) is 15.4. The number of carbonyl (C=O) groups is 1. The monoisotopic (exact) mass is 312 g/mol. The van der Waals surface area contributed by atoms with Gasteiger partial charge in [-0.15, -0.1) is 0 Å². The molecule has 0 aliphatic heterocycles. The summed E-state index contributed by atoms with van der Waals surface area (Å²) in [5.41, 5.74) is 1.09. The van der Waals surface area contributed by atoms with Crippen molar-refractivity contribution in [2.24, 2.45) is 0 Å². The fourth-order valence-electron chi connectivity index (χ4n) is 3.26. The van der Waals surface area contributed by atoms with E-state index in [1.807, 2.05) is 12.1 Å². The van der Waals surface area contributed by atoms with E-state index in [0.29, 0.717) is 5.56 Å². The van der Waals surface area contributed by atoms with Crippen molar-refractivity contribution in [3.8, 4) is 0 Å². The summed E-state index contributed by atoms with van der Waals surface area (Å²) in [5.74, 6) is -0.853. The Morgan fingerprint density at radius 3 is 2.05 bits per heavy atom. The highest BCUT2D eigenvalue weighted by molar-refractivity contribution is 7.73. The van der Waals surface area contributed by atoms with E-state index >= 15 is 0 Å². The molecule has 1 N–H and O–H groups in total. The Balaban J connectivity index is 1.95. The summed E-state index contributed by atoms with van der Waals surface area (Å²) < 4.78 is 0. The van der Waals surface area contributed by atoms with Gasteiger partial charge >= 0.3 is 5.97 Å². The van der Waals surface area contributed by atoms with Gasteiger partial charge in [0.25, 0.3) is 0 Å². The van der Waals surface area contributed by atoms with Crippen LogP contribution in [-0.2, 0) is 0 Å². The van der Waals surface area contributed by atoms with E-state index in [-0.39, 0.29) is 0 Å². The number of benzene rings is 2. The third kappa shape index (κ3) is 3.39.